The molecule has 0 aliphatic heterocycles. The molecule has 1 saturated carbocycles. The summed E-state index contributed by atoms with van der Waals surface area (Å²) in [7, 11) is 0. The van der Waals surface area contributed by atoms with E-state index in [1.807, 2.05) is 0 Å². The summed E-state index contributed by atoms with van der Waals surface area (Å²) < 4.78 is 38.5. The molecule has 6 heteroatoms. The van der Waals surface area contributed by atoms with Crippen LogP contribution in [-0.2, 0) is 6.18 Å². The van der Waals surface area contributed by atoms with Crippen molar-refractivity contribution in [2.24, 2.45) is 5.92 Å². The van der Waals surface area contributed by atoms with Crippen LogP contribution in [0.4, 0.5) is 13.2 Å². The minimum absolute atomic E-state index is 0.0826. The van der Waals surface area contributed by atoms with Crippen molar-refractivity contribution in [3.05, 3.63) is 35.4 Å². The maximum absolute atomic E-state index is 12.8. The van der Waals surface area contributed by atoms with Crippen molar-refractivity contribution < 1.29 is 23.1 Å². The van der Waals surface area contributed by atoms with E-state index in [1.54, 1.807) is 0 Å². The summed E-state index contributed by atoms with van der Waals surface area (Å²) in [6.45, 7) is 0.201. The Morgan fingerprint density at radius 1 is 1.24 bits per heavy atom. The van der Waals surface area contributed by atoms with E-state index in [-0.39, 0.29) is 18.0 Å². The van der Waals surface area contributed by atoms with Crippen LogP contribution in [0, 0.1) is 5.92 Å². The minimum Gasteiger partial charge on any atom is -0.393 e. The third kappa shape index (κ3) is 3.97. The predicted molar refractivity (Wildman–Crippen MR) is 71.7 cm³/mol. The predicted octanol–water partition coefficient (Wildman–Crippen LogP) is 2.99. The third-order valence-corrected chi connectivity index (χ3v) is 3.87. The zero-order valence-electron chi connectivity index (χ0n) is 11.5. The Labute approximate surface area is 121 Å². The maximum atomic E-state index is 12.8. The van der Waals surface area contributed by atoms with Crippen molar-refractivity contribution in [3.63, 3.8) is 0 Å². The van der Waals surface area contributed by atoms with Crippen LogP contribution in [0.15, 0.2) is 24.3 Å². The number of hydrogen-bond donors (Lipinski definition) is 2. The van der Waals surface area contributed by atoms with Gasteiger partial charge < -0.3 is 10.4 Å². The molecule has 0 spiro atoms. The number of benzene rings is 1. The Hall–Kier alpha value is -1.56. The largest absolute Gasteiger partial charge is 0.417 e. The second-order valence-corrected chi connectivity index (χ2v) is 5.37. The van der Waals surface area contributed by atoms with Gasteiger partial charge in [0, 0.05) is 12.5 Å². The molecule has 1 aliphatic carbocycles. The molecule has 1 aromatic rings. The molecular weight excluding hydrogens is 283 g/mol. The number of halogens is 3. The number of hydrogen-bond acceptors (Lipinski definition) is 2. The lowest BCUT2D eigenvalue weighted by molar-refractivity contribution is -0.137. The zero-order valence-corrected chi connectivity index (χ0v) is 11.5. The van der Waals surface area contributed by atoms with E-state index in [4.69, 9.17) is 0 Å². The number of amides is 1. The van der Waals surface area contributed by atoms with Crippen molar-refractivity contribution in [2.75, 3.05) is 6.54 Å². The molecule has 0 aromatic heterocycles. The Morgan fingerprint density at radius 3 is 2.57 bits per heavy atom. The first-order valence-electron chi connectivity index (χ1n) is 7.02. The quantitative estimate of drug-likeness (QED) is 0.901. The third-order valence-electron chi connectivity index (χ3n) is 3.87. The van der Waals surface area contributed by atoms with Gasteiger partial charge in [-0.25, -0.2) is 0 Å². The topological polar surface area (TPSA) is 49.3 Å². The summed E-state index contributed by atoms with van der Waals surface area (Å²) in [5.41, 5.74) is -1.32. The highest BCUT2D eigenvalue weighted by Gasteiger charge is 2.35. The first-order chi connectivity index (χ1) is 9.89. The lowest BCUT2D eigenvalue weighted by Gasteiger charge is -2.27. The molecule has 0 heterocycles. The lowest BCUT2D eigenvalue weighted by atomic mass is 9.86. The van der Waals surface area contributed by atoms with Gasteiger partial charge in [0.2, 0.25) is 0 Å². The summed E-state index contributed by atoms with van der Waals surface area (Å²) in [6, 6.07) is 4.71. The molecular formula is C15H18F3NO2. The van der Waals surface area contributed by atoms with E-state index in [0.29, 0.717) is 6.42 Å². The van der Waals surface area contributed by atoms with E-state index in [9.17, 15) is 23.1 Å². The van der Waals surface area contributed by atoms with E-state index < -0.39 is 23.8 Å². The van der Waals surface area contributed by atoms with Gasteiger partial charge >= 0.3 is 6.18 Å². The summed E-state index contributed by atoms with van der Waals surface area (Å²) in [6.07, 6.45) is -1.67. The van der Waals surface area contributed by atoms with Gasteiger partial charge in [0.05, 0.1) is 17.2 Å². The van der Waals surface area contributed by atoms with Gasteiger partial charge in [-0.1, -0.05) is 25.0 Å². The molecule has 2 rings (SSSR count). The van der Waals surface area contributed by atoms with E-state index in [2.05, 4.69) is 5.32 Å². The molecule has 1 fully saturated rings. The van der Waals surface area contributed by atoms with Crippen LogP contribution >= 0.6 is 0 Å². The number of alkyl halides is 3. The highest BCUT2D eigenvalue weighted by molar-refractivity contribution is 5.95. The zero-order chi connectivity index (χ0) is 15.5. The summed E-state index contributed by atoms with van der Waals surface area (Å²) in [5, 5.41) is 12.3. The first kappa shape index (κ1) is 15.8. The average Bonchev–Trinajstić information content (AvgIpc) is 2.45. The van der Waals surface area contributed by atoms with Crippen molar-refractivity contribution in [3.8, 4) is 0 Å². The number of carbonyl (C=O) groups excluding carboxylic acids is 1. The van der Waals surface area contributed by atoms with E-state index in [0.717, 1.165) is 31.4 Å². The number of aliphatic hydroxyl groups is 1. The molecule has 3 nitrogen and oxygen atoms in total. The molecule has 21 heavy (non-hydrogen) atoms. The Morgan fingerprint density at radius 2 is 1.90 bits per heavy atom. The molecule has 2 N–H and O–H groups in total. The molecule has 0 saturated heterocycles. The molecule has 0 bridgehead atoms. The molecule has 1 amide bonds. The Kier molecular flexibility index (Phi) is 4.88. The van der Waals surface area contributed by atoms with Crippen LogP contribution in [0.25, 0.3) is 0 Å². The van der Waals surface area contributed by atoms with Crippen molar-refractivity contribution in [2.45, 2.75) is 38.0 Å². The van der Waals surface area contributed by atoms with Crippen LogP contribution in [0.5, 0.6) is 0 Å². The summed E-state index contributed by atoms with van der Waals surface area (Å²) in [5.74, 6) is -0.832. The number of carbonyl (C=O) groups is 1. The Balaban J connectivity index is 2.04. The lowest BCUT2D eigenvalue weighted by Crippen LogP contribution is -2.37. The monoisotopic (exact) mass is 301 g/mol. The molecule has 1 aliphatic rings. The average molecular weight is 301 g/mol. The van der Waals surface area contributed by atoms with E-state index >= 15 is 0 Å². The van der Waals surface area contributed by atoms with Gasteiger partial charge in [0.15, 0.2) is 0 Å². The number of aliphatic hydroxyl groups excluding tert-OH is 1. The van der Waals surface area contributed by atoms with Gasteiger partial charge in [-0.3, -0.25) is 4.79 Å². The highest BCUT2D eigenvalue weighted by atomic mass is 19.4. The molecule has 116 valence electrons. The van der Waals surface area contributed by atoms with Crippen LogP contribution in [0.2, 0.25) is 0 Å². The standard InChI is InChI=1S/C15H18F3NO2/c16-15(17,18)12-7-3-2-6-11(12)14(21)19-9-10-5-1-4-8-13(10)20/h2-3,6-7,10,13,20H,1,4-5,8-9H2,(H,19,21). The molecule has 1 aromatic carbocycles. The summed E-state index contributed by atoms with van der Waals surface area (Å²) in [4.78, 5) is 12.0. The van der Waals surface area contributed by atoms with Crippen LogP contribution in [-0.4, -0.2) is 23.7 Å². The normalized spacial score (nSPS) is 22.9. The summed E-state index contributed by atoms with van der Waals surface area (Å²) >= 11 is 0. The highest BCUT2D eigenvalue weighted by Crippen LogP contribution is 2.32. The van der Waals surface area contributed by atoms with Crippen LogP contribution < -0.4 is 5.32 Å². The minimum atomic E-state index is -4.56. The van der Waals surface area contributed by atoms with Crippen LogP contribution in [0.3, 0.4) is 0 Å². The fraction of sp³-hybridized carbons (Fsp3) is 0.533. The molecule has 2 unspecified atom stereocenters. The van der Waals surface area contributed by atoms with Gasteiger partial charge in [-0.05, 0) is 25.0 Å². The van der Waals surface area contributed by atoms with Crippen molar-refractivity contribution in [1.82, 2.24) is 5.32 Å². The van der Waals surface area contributed by atoms with Crippen molar-refractivity contribution >= 4 is 5.91 Å². The fourth-order valence-corrected chi connectivity index (χ4v) is 2.67. The SMILES string of the molecule is O=C(NCC1CCCCC1O)c1ccccc1C(F)(F)F. The fourth-order valence-electron chi connectivity index (χ4n) is 2.67. The molecule has 2 atom stereocenters. The smallest absolute Gasteiger partial charge is 0.393 e. The number of rotatable bonds is 3. The second kappa shape index (κ2) is 6.47. The van der Waals surface area contributed by atoms with E-state index in [1.165, 1.54) is 12.1 Å². The first-order valence-corrected chi connectivity index (χ1v) is 7.02. The Bertz CT molecular complexity index is 502. The van der Waals surface area contributed by atoms with Gasteiger partial charge in [0.1, 0.15) is 0 Å². The van der Waals surface area contributed by atoms with Gasteiger partial charge in [0.25, 0.3) is 5.91 Å². The maximum Gasteiger partial charge on any atom is 0.417 e. The van der Waals surface area contributed by atoms with Gasteiger partial charge in [-0.15, -0.1) is 0 Å². The van der Waals surface area contributed by atoms with Crippen LogP contribution in [0.1, 0.15) is 41.6 Å². The number of nitrogens with one attached hydrogen (secondary N) is 1. The van der Waals surface area contributed by atoms with Gasteiger partial charge in [-0.2, -0.15) is 13.2 Å². The molecule has 0 radical (unpaired) electrons. The van der Waals surface area contributed by atoms with Crippen molar-refractivity contribution in [1.29, 1.82) is 0 Å². The second-order valence-electron chi connectivity index (χ2n) is 5.37.